The van der Waals surface area contributed by atoms with Gasteiger partial charge in [0.25, 0.3) is 0 Å². The summed E-state index contributed by atoms with van der Waals surface area (Å²) >= 11 is 0. The molecule has 0 radical (unpaired) electrons. The quantitative estimate of drug-likeness (QED) is 0.534. The number of primary amides is 1. The van der Waals surface area contributed by atoms with Crippen LogP contribution in [0.4, 0.5) is 0 Å². The minimum Gasteiger partial charge on any atom is -0.368 e. The summed E-state index contributed by atoms with van der Waals surface area (Å²) in [7, 11) is 0. The van der Waals surface area contributed by atoms with Gasteiger partial charge in [0.05, 0.1) is 6.04 Å². The van der Waals surface area contributed by atoms with Crippen LogP contribution in [-0.2, 0) is 4.79 Å². The van der Waals surface area contributed by atoms with E-state index < -0.39 is 0 Å². The highest BCUT2D eigenvalue weighted by Crippen LogP contribution is 2.14. The van der Waals surface area contributed by atoms with Crippen molar-refractivity contribution in [2.45, 2.75) is 25.4 Å². The van der Waals surface area contributed by atoms with Crippen LogP contribution in [0.15, 0.2) is 0 Å². The molecule has 2 atom stereocenters. The largest absolute Gasteiger partial charge is 0.368 e. The molecule has 1 heterocycles. The second kappa shape index (κ2) is 3.19. The Morgan fingerprint density at radius 3 is 2.73 bits per heavy atom. The maximum Gasteiger partial charge on any atom is 0.234 e. The normalized spacial score (nSPS) is 32.5. The third kappa shape index (κ3) is 1.70. The molecule has 64 valence electrons. The van der Waals surface area contributed by atoms with Crippen molar-refractivity contribution in [1.29, 1.82) is 0 Å². The fourth-order valence-corrected chi connectivity index (χ4v) is 1.58. The Morgan fingerprint density at radius 1 is 1.73 bits per heavy atom. The fraction of sp³-hybridized carbons (Fsp3) is 0.857. The smallest absolute Gasteiger partial charge is 0.234 e. The summed E-state index contributed by atoms with van der Waals surface area (Å²) in [4.78, 5) is 12.9. The predicted molar refractivity (Wildman–Crippen MR) is 42.8 cm³/mol. The molecule has 4 N–H and O–H groups in total. The fourth-order valence-electron chi connectivity index (χ4n) is 1.58. The number of hydrogen-bond donors (Lipinski definition) is 2. The van der Waals surface area contributed by atoms with Crippen LogP contribution in [0.3, 0.4) is 0 Å². The van der Waals surface area contributed by atoms with E-state index in [9.17, 15) is 4.79 Å². The first kappa shape index (κ1) is 8.49. The first-order valence-corrected chi connectivity index (χ1v) is 3.94. The molecule has 11 heavy (non-hydrogen) atoms. The van der Waals surface area contributed by atoms with Gasteiger partial charge in [-0.15, -0.1) is 0 Å². The number of likely N-dealkylation sites (tertiary alicyclic amines) is 1. The van der Waals surface area contributed by atoms with Crippen LogP contribution in [0.25, 0.3) is 0 Å². The van der Waals surface area contributed by atoms with Gasteiger partial charge in [-0.2, -0.15) is 0 Å². The molecule has 0 saturated carbocycles. The topological polar surface area (TPSA) is 72.3 Å². The van der Waals surface area contributed by atoms with Gasteiger partial charge < -0.3 is 11.5 Å². The second-order valence-corrected chi connectivity index (χ2v) is 3.00. The van der Waals surface area contributed by atoms with Gasteiger partial charge in [-0.25, -0.2) is 0 Å². The molecule has 1 amide bonds. The average Bonchev–Trinajstić information content (AvgIpc) is 2.30. The van der Waals surface area contributed by atoms with E-state index in [0.29, 0.717) is 6.42 Å². The molecular formula is C7H15N3O. The number of likely N-dealkylation sites (N-methyl/N-ethyl adjacent to an activating group) is 1. The Labute approximate surface area is 66.5 Å². The van der Waals surface area contributed by atoms with Gasteiger partial charge >= 0.3 is 0 Å². The van der Waals surface area contributed by atoms with Crippen LogP contribution in [0, 0.1) is 0 Å². The van der Waals surface area contributed by atoms with Crippen LogP contribution in [-0.4, -0.2) is 36.0 Å². The standard InChI is InChI=1S/C7H15N3O/c1-2-10-4-5(8)3-6(10)7(9)11/h5-6H,2-4,8H2,1H3,(H2,9,11). The number of amides is 1. The van der Waals surface area contributed by atoms with Crippen molar-refractivity contribution in [2.24, 2.45) is 11.5 Å². The lowest BCUT2D eigenvalue weighted by Gasteiger charge is -2.18. The number of nitrogens with two attached hydrogens (primary N) is 2. The number of hydrogen-bond acceptors (Lipinski definition) is 3. The highest BCUT2D eigenvalue weighted by Gasteiger charge is 2.32. The van der Waals surface area contributed by atoms with Gasteiger partial charge in [-0.05, 0) is 13.0 Å². The highest BCUT2D eigenvalue weighted by molar-refractivity contribution is 5.80. The lowest BCUT2D eigenvalue weighted by molar-refractivity contribution is -0.122. The molecule has 0 aromatic heterocycles. The zero-order chi connectivity index (χ0) is 8.43. The number of nitrogens with zero attached hydrogens (tertiary/aromatic N) is 1. The van der Waals surface area contributed by atoms with Crippen LogP contribution >= 0.6 is 0 Å². The van der Waals surface area contributed by atoms with Crippen LogP contribution < -0.4 is 11.5 Å². The van der Waals surface area contributed by atoms with Crippen molar-refractivity contribution in [3.05, 3.63) is 0 Å². The van der Waals surface area contributed by atoms with Crippen LogP contribution in [0.1, 0.15) is 13.3 Å². The van der Waals surface area contributed by atoms with E-state index in [-0.39, 0.29) is 18.0 Å². The predicted octanol–water partition coefficient (Wildman–Crippen LogP) is -1.11. The number of carbonyl (C=O) groups is 1. The van der Waals surface area contributed by atoms with E-state index in [1.807, 2.05) is 11.8 Å². The molecule has 4 heteroatoms. The van der Waals surface area contributed by atoms with Crippen molar-refractivity contribution >= 4 is 5.91 Å². The van der Waals surface area contributed by atoms with Crippen molar-refractivity contribution in [3.8, 4) is 0 Å². The zero-order valence-corrected chi connectivity index (χ0v) is 6.79. The van der Waals surface area contributed by atoms with Crippen molar-refractivity contribution in [2.75, 3.05) is 13.1 Å². The summed E-state index contributed by atoms with van der Waals surface area (Å²) in [5.41, 5.74) is 10.9. The molecule has 1 rings (SSSR count). The number of rotatable bonds is 2. The highest BCUT2D eigenvalue weighted by atomic mass is 16.1. The first-order chi connectivity index (χ1) is 5.15. The van der Waals surface area contributed by atoms with E-state index in [1.54, 1.807) is 0 Å². The molecule has 0 spiro atoms. The SMILES string of the molecule is CCN1CC(N)CC1C(N)=O. The van der Waals surface area contributed by atoms with E-state index in [0.717, 1.165) is 13.1 Å². The van der Waals surface area contributed by atoms with E-state index >= 15 is 0 Å². The Morgan fingerprint density at radius 2 is 2.36 bits per heavy atom. The van der Waals surface area contributed by atoms with E-state index in [2.05, 4.69) is 0 Å². The van der Waals surface area contributed by atoms with Gasteiger partial charge in [-0.1, -0.05) is 6.92 Å². The summed E-state index contributed by atoms with van der Waals surface area (Å²) in [6, 6.07) is -0.0116. The Hall–Kier alpha value is -0.610. The summed E-state index contributed by atoms with van der Waals surface area (Å²) < 4.78 is 0. The lowest BCUT2D eigenvalue weighted by atomic mass is 10.2. The third-order valence-electron chi connectivity index (χ3n) is 2.17. The molecule has 2 unspecified atom stereocenters. The van der Waals surface area contributed by atoms with Gasteiger partial charge in [0.15, 0.2) is 0 Å². The second-order valence-electron chi connectivity index (χ2n) is 3.00. The van der Waals surface area contributed by atoms with Crippen molar-refractivity contribution in [1.82, 2.24) is 4.90 Å². The average molecular weight is 157 g/mol. The van der Waals surface area contributed by atoms with Gasteiger partial charge in [0.2, 0.25) is 5.91 Å². The molecule has 1 aliphatic rings. The maximum absolute atomic E-state index is 10.8. The molecule has 1 fully saturated rings. The maximum atomic E-state index is 10.8. The Balaban J connectivity index is 2.57. The molecule has 0 aliphatic carbocycles. The van der Waals surface area contributed by atoms with Crippen molar-refractivity contribution < 1.29 is 4.79 Å². The van der Waals surface area contributed by atoms with Gasteiger partial charge in [-0.3, -0.25) is 9.69 Å². The molecular weight excluding hydrogens is 142 g/mol. The molecule has 1 saturated heterocycles. The first-order valence-electron chi connectivity index (χ1n) is 3.94. The molecule has 0 aromatic rings. The molecule has 0 bridgehead atoms. The van der Waals surface area contributed by atoms with Gasteiger partial charge in [0.1, 0.15) is 0 Å². The van der Waals surface area contributed by atoms with Crippen LogP contribution in [0.5, 0.6) is 0 Å². The number of carbonyl (C=O) groups excluding carboxylic acids is 1. The third-order valence-corrected chi connectivity index (χ3v) is 2.17. The van der Waals surface area contributed by atoms with E-state index in [1.165, 1.54) is 0 Å². The summed E-state index contributed by atoms with van der Waals surface area (Å²) in [6.07, 6.45) is 0.711. The van der Waals surface area contributed by atoms with E-state index in [4.69, 9.17) is 11.5 Å². The summed E-state index contributed by atoms with van der Waals surface area (Å²) in [5.74, 6) is -0.250. The zero-order valence-electron chi connectivity index (χ0n) is 6.79. The minimum absolute atomic E-state index is 0.118. The molecule has 1 aliphatic heterocycles. The Bertz CT molecular complexity index is 160. The monoisotopic (exact) mass is 157 g/mol. The van der Waals surface area contributed by atoms with Gasteiger partial charge in [0, 0.05) is 12.6 Å². The van der Waals surface area contributed by atoms with Crippen LogP contribution in [0.2, 0.25) is 0 Å². The summed E-state index contributed by atoms with van der Waals surface area (Å²) in [6.45, 7) is 3.65. The van der Waals surface area contributed by atoms with Crippen molar-refractivity contribution in [3.63, 3.8) is 0 Å². The molecule has 0 aromatic carbocycles. The molecule has 4 nitrogen and oxygen atoms in total. The lowest BCUT2D eigenvalue weighted by Crippen LogP contribution is -2.39. The summed E-state index contributed by atoms with van der Waals surface area (Å²) in [5, 5.41) is 0. The minimum atomic E-state index is -0.250. The Kier molecular flexibility index (Phi) is 2.46.